The molecule has 2 fully saturated rings. The zero-order valence-corrected chi connectivity index (χ0v) is 26.2. The van der Waals surface area contributed by atoms with Gasteiger partial charge in [0, 0.05) is 98.6 Å². The maximum absolute atomic E-state index is 4.86. The van der Waals surface area contributed by atoms with Gasteiger partial charge >= 0.3 is 0 Å². The first kappa shape index (κ1) is 29.9. The summed E-state index contributed by atoms with van der Waals surface area (Å²) in [6.07, 6.45) is 10.4. The number of aryl methyl sites for hydroxylation is 1. The van der Waals surface area contributed by atoms with E-state index in [-0.39, 0.29) is 0 Å². The summed E-state index contributed by atoms with van der Waals surface area (Å²) in [7, 11) is 4.15. The number of fused-ring (bicyclic) bond motifs is 1. The van der Waals surface area contributed by atoms with E-state index in [1.54, 1.807) is 24.7 Å². The van der Waals surface area contributed by atoms with E-state index in [0.717, 1.165) is 53.0 Å². The zero-order chi connectivity index (χ0) is 30.5. The second-order valence-corrected chi connectivity index (χ2v) is 11.8. The molecule has 0 radical (unpaired) electrons. The maximum Gasteiger partial charge on any atom is 0.229 e. The fourth-order valence-electron chi connectivity index (χ4n) is 6.44. The third-order valence-electron chi connectivity index (χ3n) is 8.96. The zero-order valence-electron chi connectivity index (χ0n) is 26.2. The first-order chi connectivity index (χ1) is 21.6. The van der Waals surface area contributed by atoms with Gasteiger partial charge in [0.2, 0.25) is 5.95 Å². The number of aromatic nitrogens is 4. The second-order valence-electron chi connectivity index (χ2n) is 11.8. The molecule has 230 valence electrons. The number of hydrogen-bond acceptors (Lipinski definition) is 10. The topological polar surface area (TPSA) is 97.4 Å². The van der Waals surface area contributed by atoms with Gasteiger partial charge in [-0.05, 0) is 69.3 Å². The van der Waals surface area contributed by atoms with Crippen LogP contribution in [0.1, 0.15) is 36.5 Å². The van der Waals surface area contributed by atoms with Crippen LogP contribution in [0.25, 0.3) is 17.1 Å². The molecule has 0 amide bonds. The van der Waals surface area contributed by atoms with Crippen LogP contribution in [0.5, 0.6) is 0 Å². The van der Waals surface area contributed by atoms with Crippen molar-refractivity contribution in [1.29, 1.82) is 0 Å². The smallest absolute Gasteiger partial charge is 0.229 e. The van der Waals surface area contributed by atoms with Crippen LogP contribution in [0.3, 0.4) is 0 Å². The Hall–Kier alpha value is -4.12. The van der Waals surface area contributed by atoms with E-state index in [2.05, 4.69) is 84.4 Å². The lowest BCUT2D eigenvalue weighted by molar-refractivity contribution is 0.0982. The fourth-order valence-corrected chi connectivity index (χ4v) is 6.44. The van der Waals surface area contributed by atoms with Crippen LogP contribution in [0.2, 0.25) is 0 Å². The normalized spacial score (nSPS) is 16.8. The van der Waals surface area contributed by atoms with Crippen molar-refractivity contribution in [2.45, 2.75) is 38.8 Å². The number of piperazine rings is 1. The van der Waals surface area contributed by atoms with Gasteiger partial charge in [0.15, 0.2) is 0 Å². The second kappa shape index (κ2) is 13.7. The van der Waals surface area contributed by atoms with E-state index >= 15 is 0 Å². The van der Waals surface area contributed by atoms with Crippen LogP contribution in [0.4, 0.5) is 28.8 Å². The quantitative estimate of drug-likeness (QED) is 0.232. The number of piperidine rings is 1. The first-order valence-electron chi connectivity index (χ1n) is 15.8. The standard InChI is InChI=1S/C34H44N10/c1-5-24-21-26(7-10-31(24)44-15-11-27(12-16-44)43-19-17-42(4)18-20-43)39-34-38-22-25(6-2)33(41-34)40-29-8-9-30-32(28(29)23-35-3)37-14-13-36-30/h6-10,13-14,21-22,27,35H,2,5,11-12,15-20,23H2,1,3-4H3,(H2,38,39,40,41). The monoisotopic (exact) mass is 592 g/mol. The van der Waals surface area contributed by atoms with E-state index in [1.165, 1.54) is 50.3 Å². The highest BCUT2D eigenvalue weighted by molar-refractivity contribution is 5.85. The predicted molar refractivity (Wildman–Crippen MR) is 181 cm³/mol. The molecule has 10 nitrogen and oxygen atoms in total. The Balaban J connectivity index is 1.17. The summed E-state index contributed by atoms with van der Waals surface area (Å²) in [6, 6.07) is 11.3. The van der Waals surface area contributed by atoms with Gasteiger partial charge in [0.1, 0.15) is 5.82 Å². The lowest BCUT2D eigenvalue weighted by Gasteiger charge is -2.43. The van der Waals surface area contributed by atoms with E-state index in [4.69, 9.17) is 4.98 Å². The molecule has 4 heterocycles. The van der Waals surface area contributed by atoms with Crippen LogP contribution in [-0.4, -0.2) is 89.1 Å². The lowest BCUT2D eigenvalue weighted by Crippen LogP contribution is -2.52. The highest BCUT2D eigenvalue weighted by Gasteiger charge is 2.27. The maximum atomic E-state index is 4.86. The van der Waals surface area contributed by atoms with Crippen LogP contribution >= 0.6 is 0 Å². The van der Waals surface area contributed by atoms with Crippen molar-refractivity contribution in [1.82, 2.24) is 35.1 Å². The Morgan fingerprint density at radius 3 is 2.50 bits per heavy atom. The molecular weight excluding hydrogens is 548 g/mol. The largest absolute Gasteiger partial charge is 0.371 e. The average molecular weight is 593 g/mol. The van der Waals surface area contributed by atoms with E-state index in [9.17, 15) is 0 Å². The number of nitrogens with one attached hydrogen (secondary N) is 3. The van der Waals surface area contributed by atoms with E-state index in [1.807, 2.05) is 19.2 Å². The number of likely N-dealkylation sites (N-methyl/N-ethyl adjacent to an activating group) is 1. The average Bonchev–Trinajstić information content (AvgIpc) is 3.06. The molecule has 0 spiro atoms. The summed E-state index contributed by atoms with van der Waals surface area (Å²) in [6.45, 7) is 13.8. The van der Waals surface area contributed by atoms with Crippen molar-refractivity contribution < 1.29 is 0 Å². The predicted octanol–water partition coefficient (Wildman–Crippen LogP) is 5.05. The highest BCUT2D eigenvalue weighted by atomic mass is 15.3. The third-order valence-corrected chi connectivity index (χ3v) is 8.96. The molecular formula is C34H44N10. The molecule has 4 aromatic rings. The molecule has 44 heavy (non-hydrogen) atoms. The van der Waals surface area contributed by atoms with E-state index < -0.39 is 0 Å². The molecule has 2 aromatic heterocycles. The Kier molecular flexibility index (Phi) is 9.30. The molecule has 10 heteroatoms. The summed E-state index contributed by atoms with van der Waals surface area (Å²) in [5.41, 5.74) is 8.12. The van der Waals surface area contributed by atoms with Crippen molar-refractivity contribution in [2.75, 3.05) is 68.9 Å². The molecule has 2 aliphatic heterocycles. The third kappa shape index (κ3) is 6.52. The molecule has 0 bridgehead atoms. The van der Waals surface area contributed by atoms with Crippen LogP contribution in [0, 0.1) is 0 Å². The number of benzene rings is 2. The SMILES string of the molecule is C=Cc1cnc(Nc2ccc(N3CCC(N4CCN(C)CC4)CC3)c(CC)c2)nc1Nc1ccc2nccnc2c1CNC. The Morgan fingerprint density at radius 1 is 0.955 bits per heavy atom. The number of rotatable bonds is 10. The van der Waals surface area contributed by atoms with Crippen molar-refractivity contribution >= 4 is 45.9 Å². The lowest BCUT2D eigenvalue weighted by atomic mass is 10.00. The molecule has 0 atom stereocenters. The highest BCUT2D eigenvalue weighted by Crippen LogP contribution is 2.31. The van der Waals surface area contributed by atoms with Crippen LogP contribution in [0.15, 0.2) is 55.5 Å². The van der Waals surface area contributed by atoms with Crippen LogP contribution in [-0.2, 0) is 13.0 Å². The minimum atomic E-state index is 0.525. The van der Waals surface area contributed by atoms with Gasteiger partial charge < -0.3 is 25.8 Å². The van der Waals surface area contributed by atoms with Gasteiger partial charge in [-0.15, -0.1) is 0 Å². The Bertz CT molecular complexity index is 1590. The minimum Gasteiger partial charge on any atom is -0.371 e. The summed E-state index contributed by atoms with van der Waals surface area (Å²) in [5, 5.41) is 10.2. The summed E-state index contributed by atoms with van der Waals surface area (Å²) < 4.78 is 0. The summed E-state index contributed by atoms with van der Waals surface area (Å²) in [4.78, 5) is 26.2. The number of nitrogens with zero attached hydrogens (tertiary/aromatic N) is 7. The Labute approximate surface area is 260 Å². The van der Waals surface area contributed by atoms with Gasteiger partial charge in [-0.25, -0.2) is 4.98 Å². The molecule has 2 aliphatic rings. The number of anilines is 5. The van der Waals surface area contributed by atoms with Gasteiger partial charge in [-0.3, -0.25) is 14.9 Å². The number of hydrogen-bond donors (Lipinski definition) is 3. The Morgan fingerprint density at radius 2 is 1.75 bits per heavy atom. The molecule has 2 aromatic carbocycles. The minimum absolute atomic E-state index is 0.525. The molecule has 2 saturated heterocycles. The van der Waals surface area contributed by atoms with Gasteiger partial charge in [-0.1, -0.05) is 19.6 Å². The van der Waals surface area contributed by atoms with Gasteiger partial charge in [0.25, 0.3) is 0 Å². The summed E-state index contributed by atoms with van der Waals surface area (Å²) >= 11 is 0. The molecule has 0 aliphatic carbocycles. The molecule has 0 unspecified atom stereocenters. The van der Waals surface area contributed by atoms with Crippen molar-refractivity contribution in [2.24, 2.45) is 0 Å². The van der Waals surface area contributed by atoms with Gasteiger partial charge in [-0.2, -0.15) is 4.98 Å². The van der Waals surface area contributed by atoms with Crippen LogP contribution < -0.4 is 20.9 Å². The van der Waals surface area contributed by atoms with Crippen molar-refractivity contribution in [3.05, 3.63) is 72.2 Å². The first-order valence-corrected chi connectivity index (χ1v) is 15.8. The van der Waals surface area contributed by atoms with Crippen molar-refractivity contribution in [3.63, 3.8) is 0 Å². The molecule has 0 saturated carbocycles. The van der Waals surface area contributed by atoms with Gasteiger partial charge in [0.05, 0.1) is 11.0 Å². The molecule has 3 N–H and O–H groups in total. The summed E-state index contributed by atoms with van der Waals surface area (Å²) in [5.74, 6) is 1.20. The fraction of sp³-hybridized carbons (Fsp3) is 0.412. The molecule has 6 rings (SSSR count). The van der Waals surface area contributed by atoms with E-state index in [0.29, 0.717) is 24.4 Å². The van der Waals surface area contributed by atoms with Crippen molar-refractivity contribution in [3.8, 4) is 0 Å².